The van der Waals surface area contributed by atoms with Crippen molar-refractivity contribution in [2.75, 3.05) is 5.73 Å². The Hall–Kier alpha value is -1.82. The van der Waals surface area contributed by atoms with E-state index in [1.54, 1.807) is 0 Å². The summed E-state index contributed by atoms with van der Waals surface area (Å²) >= 11 is 3.37. The molecule has 0 aliphatic rings. The molecular weight excluding hydrogens is 320 g/mol. The van der Waals surface area contributed by atoms with Crippen molar-refractivity contribution in [3.63, 3.8) is 0 Å². The monoisotopic (exact) mass is 336 g/mol. The number of aromatic nitrogens is 2. The predicted octanol–water partition coefficient (Wildman–Crippen LogP) is 2.81. The van der Waals surface area contributed by atoms with Gasteiger partial charge in [0.15, 0.2) is 5.69 Å². The van der Waals surface area contributed by atoms with Crippen molar-refractivity contribution in [1.82, 2.24) is 15.5 Å². The minimum Gasteiger partial charge on any atom is -0.395 e. The minimum absolute atomic E-state index is 0.204. The molecule has 0 saturated carbocycles. The number of nitrogens with zero attached hydrogens (tertiary/aromatic N) is 1. The van der Waals surface area contributed by atoms with Gasteiger partial charge in [-0.1, -0.05) is 41.9 Å². The van der Waals surface area contributed by atoms with Gasteiger partial charge in [-0.05, 0) is 23.6 Å². The summed E-state index contributed by atoms with van der Waals surface area (Å²) in [6.45, 7) is 4.43. The fourth-order valence-electron chi connectivity index (χ4n) is 1.85. The van der Waals surface area contributed by atoms with E-state index >= 15 is 0 Å². The molecule has 6 heteroatoms. The van der Waals surface area contributed by atoms with Crippen molar-refractivity contribution in [2.45, 2.75) is 26.3 Å². The lowest BCUT2D eigenvalue weighted by molar-refractivity contribution is 0.0947. The molecule has 0 saturated heterocycles. The van der Waals surface area contributed by atoms with E-state index < -0.39 is 0 Å². The summed E-state index contributed by atoms with van der Waals surface area (Å²) in [5, 5.41) is 9.62. The summed E-state index contributed by atoms with van der Waals surface area (Å²) in [7, 11) is 0. The number of nitrogens with two attached hydrogens (primary N) is 1. The molecule has 4 N–H and O–H groups in total. The van der Waals surface area contributed by atoms with Crippen molar-refractivity contribution >= 4 is 27.5 Å². The number of amides is 1. The maximum atomic E-state index is 12.1. The number of carbonyl (C=O) groups is 1. The second kappa shape index (κ2) is 6.09. The molecule has 2 rings (SSSR count). The average Bonchev–Trinajstić information content (AvgIpc) is 2.80. The molecule has 2 aromatic rings. The molecule has 0 atom stereocenters. The van der Waals surface area contributed by atoms with Gasteiger partial charge >= 0.3 is 0 Å². The highest BCUT2D eigenvalue weighted by Crippen LogP contribution is 2.21. The van der Waals surface area contributed by atoms with Crippen LogP contribution in [0, 0.1) is 0 Å². The van der Waals surface area contributed by atoms with Crippen LogP contribution in [0.4, 0.5) is 5.69 Å². The Labute approximate surface area is 126 Å². The Balaban J connectivity index is 2.03. The Morgan fingerprint density at radius 2 is 2.05 bits per heavy atom. The quantitative estimate of drug-likeness (QED) is 0.802. The van der Waals surface area contributed by atoms with E-state index in [-0.39, 0.29) is 17.5 Å². The van der Waals surface area contributed by atoms with Crippen molar-refractivity contribution in [1.29, 1.82) is 0 Å². The molecular formula is C14H17BrN4O. The van der Waals surface area contributed by atoms with Crippen molar-refractivity contribution < 1.29 is 4.79 Å². The Morgan fingerprint density at radius 3 is 2.60 bits per heavy atom. The molecule has 1 aromatic carbocycles. The van der Waals surface area contributed by atoms with Crippen LogP contribution >= 0.6 is 15.9 Å². The van der Waals surface area contributed by atoms with E-state index in [0.29, 0.717) is 12.2 Å². The zero-order valence-corrected chi connectivity index (χ0v) is 13.0. The van der Waals surface area contributed by atoms with Crippen LogP contribution in [-0.2, 0) is 6.54 Å². The molecule has 0 fully saturated rings. The summed E-state index contributed by atoms with van der Waals surface area (Å²) < 4.78 is 1.01. The lowest BCUT2D eigenvalue weighted by atomic mass is 10.1. The molecule has 5 nitrogen and oxygen atoms in total. The third-order valence-electron chi connectivity index (χ3n) is 2.99. The van der Waals surface area contributed by atoms with Crippen LogP contribution in [0.1, 0.15) is 41.5 Å². The van der Waals surface area contributed by atoms with Gasteiger partial charge < -0.3 is 11.1 Å². The van der Waals surface area contributed by atoms with Crippen molar-refractivity contribution in [2.24, 2.45) is 0 Å². The van der Waals surface area contributed by atoms with Gasteiger partial charge in [0.05, 0.1) is 11.4 Å². The first-order chi connectivity index (χ1) is 9.49. The molecule has 1 amide bonds. The van der Waals surface area contributed by atoms with Crippen molar-refractivity contribution in [3.8, 4) is 0 Å². The number of H-pyrrole nitrogens is 1. The summed E-state index contributed by atoms with van der Waals surface area (Å²) in [6, 6.07) is 7.75. The first-order valence-corrected chi connectivity index (χ1v) is 7.14. The van der Waals surface area contributed by atoms with Gasteiger partial charge in [-0.25, -0.2) is 0 Å². The summed E-state index contributed by atoms with van der Waals surface area (Å²) in [4.78, 5) is 12.1. The molecule has 0 radical (unpaired) electrons. The van der Waals surface area contributed by atoms with E-state index in [4.69, 9.17) is 5.73 Å². The molecule has 0 unspecified atom stereocenters. The number of carbonyl (C=O) groups excluding carboxylic acids is 1. The number of benzene rings is 1. The highest BCUT2D eigenvalue weighted by atomic mass is 79.9. The second-order valence-corrected chi connectivity index (χ2v) is 5.78. The topological polar surface area (TPSA) is 83.8 Å². The zero-order valence-electron chi connectivity index (χ0n) is 11.4. The number of aromatic amines is 1. The molecule has 0 aliphatic heterocycles. The maximum absolute atomic E-state index is 12.1. The van der Waals surface area contributed by atoms with Gasteiger partial charge in [-0.3, -0.25) is 9.89 Å². The van der Waals surface area contributed by atoms with E-state index in [2.05, 4.69) is 31.4 Å². The lowest BCUT2D eigenvalue weighted by Crippen LogP contribution is -2.24. The normalized spacial score (nSPS) is 10.8. The molecule has 0 aliphatic carbocycles. The summed E-state index contributed by atoms with van der Waals surface area (Å²) in [5.41, 5.74) is 8.42. The number of nitrogens with one attached hydrogen (secondary N) is 2. The third-order valence-corrected chi connectivity index (χ3v) is 3.52. The number of anilines is 1. The van der Waals surface area contributed by atoms with Gasteiger partial charge in [0.2, 0.25) is 0 Å². The van der Waals surface area contributed by atoms with E-state index in [1.807, 2.05) is 38.1 Å². The first kappa shape index (κ1) is 14.6. The second-order valence-electron chi connectivity index (χ2n) is 4.86. The van der Waals surface area contributed by atoms with Crippen molar-refractivity contribution in [3.05, 3.63) is 45.7 Å². The number of hydrogen-bond donors (Lipinski definition) is 3. The van der Waals surface area contributed by atoms with E-state index in [0.717, 1.165) is 15.7 Å². The van der Waals surface area contributed by atoms with Gasteiger partial charge in [0, 0.05) is 11.0 Å². The third kappa shape index (κ3) is 3.19. The largest absolute Gasteiger partial charge is 0.395 e. The van der Waals surface area contributed by atoms with Crippen LogP contribution in [0.25, 0.3) is 0 Å². The average molecular weight is 337 g/mol. The van der Waals surface area contributed by atoms with Crippen LogP contribution in [0.3, 0.4) is 0 Å². The minimum atomic E-state index is -0.270. The van der Waals surface area contributed by atoms with Gasteiger partial charge in [-0.2, -0.15) is 5.10 Å². The summed E-state index contributed by atoms with van der Waals surface area (Å²) in [5.74, 6) is -0.0657. The number of halogens is 1. The first-order valence-electron chi connectivity index (χ1n) is 6.35. The SMILES string of the molecule is CC(C)c1[nH]nc(C(=O)NCc2ccc(Br)cc2)c1N. The Kier molecular flexibility index (Phi) is 4.44. The smallest absolute Gasteiger partial charge is 0.274 e. The standard InChI is InChI=1S/C14H17BrN4O/c1-8(2)12-11(16)13(19-18-12)14(20)17-7-9-3-5-10(15)6-4-9/h3-6,8H,7,16H2,1-2H3,(H,17,20)(H,18,19). The van der Waals surface area contributed by atoms with Gasteiger partial charge in [0.25, 0.3) is 5.91 Å². The van der Waals surface area contributed by atoms with Crippen LogP contribution < -0.4 is 11.1 Å². The Bertz CT molecular complexity index is 604. The molecule has 1 heterocycles. The molecule has 20 heavy (non-hydrogen) atoms. The number of nitrogen functional groups attached to an aromatic ring is 1. The van der Waals surface area contributed by atoms with E-state index in [1.165, 1.54) is 0 Å². The molecule has 0 spiro atoms. The molecule has 1 aromatic heterocycles. The predicted molar refractivity (Wildman–Crippen MR) is 82.4 cm³/mol. The van der Waals surface area contributed by atoms with Crippen LogP contribution in [-0.4, -0.2) is 16.1 Å². The highest BCUT2D eigenvalue weighted by molar-refractivity contribution is 9.10. The summed E-state index contributed by atoms with van der Waals surface area (Å²) in [6.07, 6.45) is 0. The fraction of sp³-hybridized carbons (Fsp3) is 0.286. The number of rotatable bonds is 4. The molecule has 106 valence electrons. The molecule has 0 bridgehead atoms. The lowest BCUT2D eigenvalue weighted by Gasteiger charge is -2.05. The highest BCUT2D eigenvalue weighted by Gasteiger charge is 2.18. The van der Waals surface area contributed by atoms with E-state index in [9.17, 15) is 4.79 Å². The van der Waals surface area contributed by atoms with Crippen LogP contribution in [0.5, 0.6) is 0 Å². The van der Waals surface area contributed by atoms with Crippen LogP contribution in [0.2, 0.25) is 0 Å². The zero-order chi connectivity index (χ0) is 14.7. The Morgan fingerprint density at radius 1 is 1.40 bits per heavy atom. The number of hydrogen-bond acceptors (Lipinski definition) is 3. The van der Waals surface area contributed by atoms with Gasteiger partial charge in [-0.15, -0.1) is 0 Å². The maximum Gasteiger partial charge on any atom is 0.274 e. The van der Waals surface area contributed by atoms with Gasteiger partial charge in [0.1, 0.15) is 0 Å². The fourth-order valence-corrected chi connectivity index (χ4v) is 2.11. The van der Waals surface area contributed by atoms with Crippen LogP contribution in [0.15, 0.2) is 28.7 Å².